The average Bonchev–Trinajstić information content (AvgIpc) is 2.41. The Balaban J connectivity index is 2.09. The molecule has 0 saturated carbocycles. The molecule has 1 unspecified atom stereocenters. The summed E-state index contributed by atoms with van der Waals surface area (Å²) in [6.07, 6.45) is 1.58. The predicted molar refractivity (Wildman–Crippen MR) is 83.1 cm³/mol. The second kappa shape index (κ2) is 7.07. The van der Waals surface area contributed by atoms with Crippen LogP contribution in [0.3, 0.4) is 0 Å². The Hall–Kier alpha value is -1.09. The molecule has 2 aromatic rings. The van der Waals surface area contributed by atoms with Crippen molar-refractivity contribution in [1.29, 1.82) is 0 Å². The Morgan fingerprint density at radius 3 is 2.55 bits per heavy atom. The van der Waals surface area contributed by atoms with Gasteiger partial charge in [0.2, 0.25) is 0 Å². The van der Waals surface area contributed by atoms with Crippen LogP contribution >= 0.6 is 23.2 Å². The molecule has 0 saturated heterocycles. The first-order chi connectivity index (χ1) is 9.58. The van der Waals surface area contributed by atoms with Crippen LogP contribution in [0.5, 0.6) is 0 Å². The van der Waals surface area contributed by atoms with Crippen molar-refractivity contribution in [2.75, 3.05) is 7.05 Å². The van der Waals surface area contributed by atoms with Crippen molar-refractivity contribution in [2.45, 2.75) is 18.9 Å². The van der Waals surface area contributed by atoms with Crippen LogP contribution in [-0.2, 0) is 12.8 Å². The van der Waals surface area contributed by atoms with E-state index in [0.29, 0.717) is 5.02 Å². The van der Waals surface area contributed by atoms with Gasteiger partial charge < -0.3 is 5.32 Å². The first kappa shape index (κ1) is 15.3. The zero-order valence-electron chi connectivity index (χ0n) is 11.2. The molecule has 1 nitrogen and oxygen atoms in total. The molecule has 1 N–H and O–H groups in total. The van der Waals surface area contributed by atoms with Crippen molar-refractivity contribution in [3.63, 3.8) is 0 Å². The number of likely N-dealkylation sites (N-methyl/N-ethyl adjacent to an activating group) is 1. The van der Waals surface area contributed by atoms with E-state index in [4.69, 9.17) is 23.2 Å². The predicted octanol–water partition coefficient (Wildman–Crippen LogP) is 4.51. The van der Waals surface area contributed by atoms with E-state index in [-0.39, 0.29) is 11.9 Å². The number of nitrogens with one attached hydrogen (secondary N) is 1. The first-order valence-corrected chi connectivity index (χ1v) is 7.19. The molecule has 0 amide bonds. The number of benzene rings is 2. The van der Waals surface area contributed by atoms with Gasteiger partial charge in [-0.3, -0.25) is 0 Å². The SMILES string of the molecule is CNC(Cc1cccc(Cl)c1)Cc1ccc(F)cc1Cl. The fourth-order valence-electron chi connectivity index (χ4n) is 2.18. The Morgan fingerprint density at radius 2 is 1.90 bits per heavy atom. The molecule has 106 valence electrons. The van der Waals surface area contributed by atoms with Crippen LogP contribution in [0, 0.1) is 5.82 Å². The highest BCUT2D eigenvalue weighted by atomic mass is 35.5. The summed E-state index contributed by atoms with van der Waals surface area (Å²) in [5, 5.41) is 4.47. The molecule has 2 rings (SSSR count). The third-order valence-electron chi connectivity index (χ3n) is 3.26. The minimum atomic E-state index is -0.311. The van der Waals surface area contributed by atoms with Gasteiger partial charge in [0.1, 0.15) is 5.82 Å². The molecular formula is C16H16Cl2FN. The van der Waals surface area contributed by atoms with Gasteiger partial charge in [0.15, 0.2) is 0 Å². The maximum absolute atomic E-state index is 13.0. The van der Waals surface area contributed by atoms with E-state index in [1.807, 2.05) is 31.3 Å². The zero-order valence-corrected chi connectivity index (χ0v) is 12.7. The van der Waals surface area contributed by atoms with Crippen molar-refractivity contribution in [2.24, 2.45) is 0 Å². The van der Waals surface area contributed by atoms with Gasteiger partial charge in [-0.1, -0.05) is 41.4 Å². The molecule has 0 heterocycles. The Labute approximate surface area is 128 Å². The molecule has 2 aromatic carbocycles. The number of hydrogen-bond donors (Lipinski definition) is 1. The van der Waals surface area contributed by atoms with E-state index >= 15 is 0 Å². The highest BCUT2D eigenvalue weighted by Crippen LogP contribution is 2.20. The lowest BCUT2D eigenvalue weighted by molar-refractivity contribution is 0.555. The minimum Gasteiger partial charge on any atom is -0.316 e. The average molecular weight is 312 g/mol. The van der Waals surface area contributed by atoms with Gasteiger partial charge in [-0.25, -0.2) is 4.39 Å². The molecule has 20 heavy (non-hydrogen) atoms. The summed E-state index contributed by atoms with van der Waals surface area (Å²) in [6.45, 7) is 0. The molecule has 0 bridgehead atoms. The molecule has 0 fully saturated rings. The fourth-order valence-corrected chi connectivity index (χ4v) is 2.63. The van der Waals surface area contributed by atoms with Gasteiger partial charge in [-0.2, -0.15) is 0 Å². The number of rotatable bonds is 5. The normalized spacial score (nSPS) is 12.4. The molecule has 0 radical (unpaired) electrons. The third kappa shape index (κ3) is 4.20. The van der Waals surface area contributed by atoms with Crippen molar-refractivity contribution >= 4 is 23.2 Å². The van der Waals surface area contributed by atoms with Gasteiger partial charge in [-0.05, 0) is 55.3 Å². The van der Waals surface area contributed by atoms with Crippen molar-refractivity contribution in [3.05, 3.63) is 69.5 Å². The summed E-state index contributed by atoms with van der Waals surface area (Å²) in [5.41, 5.74) is 2.10. The third-order valence-corrected chi connectivity index (χ3v) is 3.85. The van der Waals surface area contributed by atoms with Crippen LogP contribution in [0.1, 0.15) is 11.1 Å². The standard InChI is InChI=1S/C16H16Cl2FN/c1-20-15(8-11-3-2-4-13(17)7-11)9-12-5-6-14(19)10-16(12)18/h2-7,10,15,20H,8-9H2,1H3. The molecular weight excluding hydrogens is 296 g/mol. The van der Waals surface area contributed by atoms with Gasteiger partial charge >= 0.3 is 0 Å². The highest BCUT2D eigenvalue weighted by molar-refractivity contribution is 6.31. The van der Waals surface area contributed by atoms with E-state index in [0.717, 1.165) is 29.0 Å². The Bertz CT molecular complexity index is 586. The van der Waals surface area contributed by atoms with Crippen molar-refractivity contribution in [3.8, 4) is 0 Å². The van der Waals surface area contributed by atoms with E-state index in [1.165, 1.54) is 12.1 Å². The van der Waals surface area contributed by atoms with Gasteiger partial charge in [0, 0.05) is 16.1 Å². The topological polar surface area (TPSA) is 12.0 Å². The number of halogens is 3. The molecule has 0 aromatic heterocycles. The van der Waals surface area contributed by atoms with Crippen LogP contribution in [0.25, 0.3) is 0 Å². The van der Waals surface area contributed by atoms with Crippen molar-refractivity contribution in [1.82, 2.24) is 5.32 Å². The lowest BCUT2D eigenvalue weighted by atomic mass is 9.99. The molecule has 1 atom stereocenters. The summed E-state index contributed by atoms with van der Waals surface area (Å²) >= 11 is 12.1. The summed E-state index contributed by atoms with van der Waals surface area (Å²) in [6, 6.07) is 12.5. The van der Waals surface area contributed by atoms with E-state index in [9.17, 15) is 4.39 Å². The van der Waals surface area contributed by atoms with Crippen LogP contribution in [-0.4, -0.2) is 13.1 Å². The van der Waals surface area contributed by atoms with Crippen LogP contribution in [0.15, 0.2) is 42.5 Å². The second-order valence-electron chi connectivity index (χ2n) is 4.76. The van der Waals surface area contributed by atoms with E-state index in [1.54, 1.807) is 6.07 Å². The molecule has 4 heteroatoms. The van der Waals surface area contributed by atoms with Crippen LogP contribution in [0.2, 0.25) is 10.0 Å². The fraction of sp³-hybridized carbons (Fsp3) is 0.250. The van der Waals surface area contributed by atoms with E-state index in [2.05, 4.69) is 5.32 Å². The van der Waals surface area contributed by atoms with E-state index < -0.39 is 0 Å². The van der Waals surface area contributed by atoms with Crippen LogP contribution < -0.4 is 5.32 Å². The zero-order chi connectivity index (χ0) is 14.5. The Kier molecular flexibility index (Phi) is 5.41. The summed E-state index contributed by atoms with van der Waals surface area (Å²) in [4.78, 5) is 0. The summed E-state index contributed by atoms with van der Waals surface area (Å²) in [5.74, 6) is -0.311. The van der Waals surface area contributed by atoms with Gasteiger partial charge in [0.05, 0.1) is 0 Å². The second-order valence-corrected chi connectivity index (χ2v) is 5.60. The largest absolute Gasteiger partial charge is 0.316 e. The summed E-state index contributed by atoms with van der Waals surface area (Å²) in [7, 11) is 1.91. The smallest absolute Gasteiger partial charge is 0.124 e. The first-order valence-electron chi connectivity index (χ1n) is 6.44. The maximum Gasteiger partial charge on any atom is 0.124 e. The molecule has 0 aliphatic rings. The summed E-state index contributed by atoms with van der Waals surface area (Å²) < 4.78 is 13.0. The monoisotopic (exact) mass is 311 g/mol. The Morgan fingerprint density at radius 1 is 1.10 bits per heavy atom. The lowest BCUT2D eigenvalue weighted by Crippen LogP contribution is -2.30. The minimum absolute atomic E-state index is 0.219. The maximum atomic E-state index is 13.0. The highest BCUT2D eigenvalue weighted by Gasteiger charge is 2.11. The molecule has 0 spiro atoms. The number of hydrogen-bond acceptors (Lipinski definition) is 1. The lowest BCUT2D eigenvalue weighted by Gasteiger charge is -2.17. The van der Waals surface area contributed by atoms with Gasteiger partial charge in [-0.15, -0.1) is 0 Å². The quantitative estimate of drug-likeness (QED) is 0.857. The van der Waals surface area contributed by atoms with Gasteiger partial charge in [0.25, 0.3) is 0 Å². The van der Waals surface area contributed by atoms with Crippen LogP contribution in [0.4, 0.5) is 4.39 Å². The molecule has 0 aliphatic heterocycles. The molecule has 0 aliphatic carbocycles. The van der Waals surface area contributed by atoms with Crippen molar-refractivity contribution < 1.29 is 4.39 Å².